The maximum absolute atomic E-state index is 13.4. The van der Waals surface area contributed by atoms with E-state index in [-0.39, 0.29) is 18.9 Å². The van der Waals surface area contributed by atoms with Crippen molar-refractivity contribution in [3.05, 3.63) is 84.4 Å². The summed E-state index contributed by atoms with van der Waals surface area (Å²) in [6.07, 6.45) is 0.727. The molecule has 186 valence electrons. The van der Waals surface area contributed by atoms with E-state index in [0.29, 0.717) is 23.7 Å². The Bertz CT molecular complexity index is 1210. The van der Waals surface area contributed by atoms with Gasteiger partial charge < -0.3 is 19.7 Å². The number of carbonyl (C=O) groups is 3. The van der Waals surface area contributed by atoms with E-state index in [1.807, 2.05) is 31.2 Å². The third kappa shape index (κ3) is 5.66. The first-order chi connectivity index (χ1) is 17.5. The summed E-state index contributed by atoms with van der Waals surface area (Å²) in [4.78, 5) is 42.3. The molecule has 8 heteroatoms. The number of nitrogens with zero attached hydrogens (tertiary/aromatic N) is 2. The lowest BCUT2D eigenvalue weighted by atomic mass is 10.1. The smallest absolute Gasteiger partial charge is 0.332 e. The molecule has 1 aliphatic rings. The van der Waals surface area contributed by atoms with Gasteiger partial charge in [-0.3, -0.25) is 9.59 Å². The number of imide groups is 1. The summed E-state index contributed by atoms with van der Waals surface area (Å²) in [5.74, 6) is 0.557. The molecule has 1 N–H and O–H groups in total. The standard InChI is InChI=1S/C28H29N3O5/c1-3-16-36-23-14-12-21(13-15-23)29-26(32)18-25-27(33)31(22-9-5-4-6-10-22)28(34)30(25)19-20-8-7-11-24(17-20)35-2/h4-15,17,25H,3,16,18-19H2,1-2H3,(H,29,32)/t25-/m1/s1. The van der Waals surface area contributed by atoms with Gasteiger partial charge in [-0.2, -0.15) is 0 Å². The molecule has 0 radical (unpaired) electrons. The maximum atomic E-state index is 13.4. The highest BCUT2D eigenvalue weighted by Crippen LogP contribution is 2.29. The van der Waals surface area contributed by atoms with Gasteiger partial charge in [-0.15, -0.1) is 0 Å². The lowest BCUT2D eigenvalue weighted by molar-refractivity contribution is -0.124. The molecule has 1 atom stereocenters. The number of rotatable bonds is 10. The second kappa shape index (κ2) is 11.4. The minimum atomic E-state index is -0.948. The van der Waals surface area contributed by atoms with Crippen molar-refractivity contribution in [2.24, 2.45) is 0 Å². The number of anilines is 2. The third-order valence-corrected chi connectivity index (χ3v) is 5.81. The predicted molar refractivity (Wildman–Crippen MR) is 137 cm³/mol. The zero-order valence-corrected chi connectivity index (χ0v) is 20.3. The van der Waals surface area contributed by atoms with Crippen molar-refractivity contribution in [3.8, 4) is 11.5 Å². The Balaban J connectivity index is 1.53. The Morgan fingerprint density at radius 1 is 0.944 bits per heavy atom. The Kier molecular flexibility index (Phi) is 7.85. The fraction of sp³-hybridized carbons (Fsp3) is 0.250. The van der Waals surface area contributed by atoms with E-state index in [9.17, 15) is 14.4 Å². The normalized spacial score (nSPS) is 15.2. The number of nitrogens with one attached hydrogen (secondary N) is 1. The average molecular weight is 488 g/mol. The highest BCUT2D eigenvalue weighted by molar-refractivity contribution is 6.22. The Labute approximate surface area is 210 Å². The molecule has 1 aliphatic heterocycles. The molecule has 0 aromatic heterocycles. The van der Waals surface area contributed by atoms with Crippen LogP contribution in [0.25, 0.3) is 0 Å². The van der Waals surface area contributed by atoms with Crippen LogP contribution in [0.2, 0.25) is 0 Å². The molecule has 36 heavy (non-hydrogen) atoms. The minimum Gasteiger partial charge on any atom is -0.497 e. The fourth-order valence-electron chi connectivity index (χ4n) is 4.04. The average Bonchev–Trinajstić information content (AvgIpc) is 3.12. The molecule has 3 aromatic carbocycles. The van der Waals surface area contributed by atoms with Crippen molar-refractivity contribution in [1.29, 1.82) is 0 Å². The quantitative estimate of drug-likeness (QED) is 0.413. The van der Waals surface area contributed by atoms with Crippen LogP contribution in [-0.2, 0) is 16.1 Å². The van der Waals surface area contributed by atoms with Crippen molar-refractivity contribution in [2.45, 2.75) is 32.4 Å². The summed E-state index contributed by atoms with van der Waals surface area (Å²) < 4.78 is 10.9. The SMILES string of the molecule is CCCOc1ccc(NC(=O)C[C@@H]2C(=O)N(c3ccccc3)C(=O)N2Cc2cccc(OC)c2)cc1. The first-order valence-electron chi connectivity index (χ1n) is 11.9. The van der Waals surface area contributed by atoms with E-state index in [1.165, 1.54) is 4.90 Å². The molecule has 0 bridgehead atoms. The molecule has 0 spiro atoms. The lowest BCUT2D eigenvalue weighted by Crippen LogP contribution is -2.37. The van der Waals surface area contributed by atoms with Crippen molar-refractivity contribution in [2.75, 3.05) is 23.9 Å². The van der Waals surface area contributed by atoms with E-state index in [4.69, 9.17) is 9.47 Å². The molecule has 0 unspecified atom stereocenters. The molecule has 8 nitrogen and oxygen atoms in total. The number of hydrogen-bond acceptors (Lipinski definition) is 5. The van der Waals surface area contributed by atoms with Crippen LogP contribution in [-0.4, -0.2) is 42.5 Å². The summed E-state index contributed by atoms with van der Waals surface area (Å²) in [6, 6.07) is 21.6. The van der Waals surface area contributed by atoms with Crippen molar-refractivity contribution in [3.63, 3.8) is 0 Å². The number of carbonyl (C=O) groups excluding carboxylic acids is 3. The van der Waals surface area contributed by atoms with Gasteiger partial charge in [0.1, 0.15) is 17.5 Å². The number of amides is 4. The molecule has 1 fully saturated rings. The first kappa shape index (κ1) is 24.8. The summed E-state index contributed by atoms with van der Waals surface area (Å²) in [5.41, 5.74) is 1.84. The van der Waals surface area contributed by atoms with Gasteiger partial charge in [-0.1, -0.05) is 37.3 Å². The molecular formula is C28H29N3O5. The van der Waals surface area contributed by atoms with Crippen molar-refractivity contribution < 1.29 is 23.9 Å². The summed E-state index contributed by atoms with van der Waals surface area (Å²) in [6.45, 7) is 2.80. The van der Waals surface area contributed by atoms with E-state index < -0.39 is 18.0 Å². The fourth-order valence-corrected chi connectivity index (χ4v) is 4.04. The summed E-state index contributed by atoms with van der Waals surface area (Å²) in [5, 5.41) is 2.82. The first-order valence-corrected chi connectivity index (χ1v) is 11.9. The second-order valence-corrected chi connectivity index (χ2v) is 8.41. The molecule has 4 rings (SSSR count). The molecule has 3 aromatic rings. The number of hydrogen-bond donors (Lipinski definition) is 1. The van der Waals surface area contributed by atoms with Gasteiger partial charge >= 0.3 is 6.03 Å². The highest BCUT2D eigenvalue weighted by atomic mass is 16.5. The Hall–Kier alpha value is -4.33. The van der Waals surface area contributed by atoms with Crippen LogP contribution in [0.3, 0.4) is 0 Å². The molecule has 1 heterocycles. The summed E-state index contributed by atoms with van der Waals surface area (Å²) in [7, 11) is 1.57. The van der Waals surface area contributed by atoms with E-state index in [1.54, 1.807) is 61.7 Å². The topological polar surface area (TPSA) is 88.2 Å². The summed E-state index contributed by atoms with van der Waals surface area (Å²) >= 11 is 0. The molecule has 4 amide bonds. The minimum absolute atomic E-state index is 0.159. The monoisotopic (exact) mass is 487 g/mol. The third-order valence-electron chi connectivity index (χ3n) is 5.81. The highest BCUT2D eigenvalue weighted by Gasteiger charge is 2.46. The van der Waals surface area contributed by atoms with E-state index in [0.717, 1.165) is 22.6 Å². The molecule has 0 aliphatic carbocycles. The molecular weight excluding hydrogens is 458 g/mol. The van der Waals surface area contributed by atoms with Crippen LogP contribution in [0.15, 0.2) is 78.9 Å². The number of ether oxygens (including phenoxy) is 2. The van der Waals surface area contributed by atoms with Gasteiger partial charge in [-0.05, 0) is 60.5 Å². The largest absolute Gasteiger partial charge is 0.497 e. The maximum Gasteiger partial charge on any atom is 0.332 e. The molecule has 1 saturated heterocycles. The van der Waals surface area contributed by atoms with Gasteiger partial charge in [-0.25, -0.2) is 9.69 Å². The predicted octanol–water partition coefficient (Wildman–Crippen LogP) is 4.85. The van der Waals surface area contributed by atoms with Gasteiger partial charge in [0.2, 0.25) is 5.91 Å². The number of para-hydroxylation sites is 1. The van der Waals surface area contributed by atoms with E-state index >= 15 is 0 Å². The van der Waals surface area contributed by atoms with Crippen LogP contribution < -0.4 is 19.7 Å². The zero-order chi connectivity index (χ0) is 25.5. The number of urea groups is 1. The molecule has 0 saturated carbocycles. The second-order valence-electron chi connectivity index (χ2n) is 8.41. The Morgan fingerprint density at radius 2 is 1.69 bits per heavy atom. The van der Waals surface area contributed by atoms with Crippen LogP contribution in [0.4, 0.5) is 16.2 Å². The number of benzene rings is 3. The van der Waals surface area contributed by atoms with Gasteiger partial charge in [0.25, 0.3) is 5.91 Å². The van der Waals surface area contributed by atoms with Gasteiger partial charge in [0.05, 0.1) is 25.8 Å². The van der Waals surface area contributed by atoms with E-state index in [2.05, 4.69) is 5.32 Å². The van der Waals surface area contributed by atoms with Crippen molar-refractivity contribution in [1.82, 2.24) is 4.90 Å². The van der Waals surface area contributed by atoms with Crippen LogP contribution >= 0.6 is 0 Å². The van der Waals surface area contributed by atoms with Gasteiger partial charge in [0, 0.05) is 12.2 Å². The van der Waals surface area contributed by atoms with Crippen LogP contribution in [0.5, 0.6) is 11.5 Å². The Morgan fingerprint density at radius 3 is 2.39 bits per heavy atom. The number of methoxy groups -OCH3 is 1. The van der Waals surface area contributed by atoms with Crippen LogP contribution in [0, 0.1) is 0 Å². The lowest BCUT2D eigenvalue weighted by Gasteiger charge is -2.22. The van der Waals surface area contributed by atoms with Crippen molar-refractivity contribution >= 4 is 29.2 Å². The van der Waals surface area contributed by atoms with Crippen LogP contribution in [0.1, 0.15) is 25.3 Å². The van der Waals surface area contributed by atoms with Gasteiger partial charge in [0.15, 0.2) is 0 Å². The zero-order valence-electron chi connectivity index (χ0n) is 20.3.